The number of hydrogen-bond donors (Lipinski definition) is 0. The van der Waals surface area contributed by atoms with Crippen molar-refractivity contribution in [2.75, 3.05) is 0 Å². The van der Waals surface area contributed by atoms with E-state index in [-0.39, 0.29) is 5.56 Å². The minimum atomic E-state index is -0.287. The molecular weight excluding hydrogens is 152 g/mol. The van der Waals surface area contributed by atoms with Crippen molar-refractivity contribution in [3.8, 4) is 0 Å². The van der Waals surface area contributed by atoms with E-state index in [0.29, 0.717) is 0 Å². The van der Waals surface area contributed by atoms with Crippen molar-refractivity contribution in [3.05, 3.63) is 27.7 Å². The van der Waals surface area contributed by atoms with E-state index in [0.717, 1.165) is 15.5 Å². The Kier molecular flexibility index (Phi) is 1.76. The first kappa shape index (κ1) is 7.28. The number of rotatable bonds is 0. The predicted octanol–water partition coefficient (Wildman–Crippen LogP) is 0.862. The molecule has 0 spiro atoms. The molecule has 0 atom stereocenters. The lowest BCUT2D eigenvalue weighted by molar-refractivity contribution is 0.859. The summed E-state index contributed by atoms with van der Waals surface area (Å²) in [5, 5.41) is 3.74. The van der Waals surface area contributed by atoms with Crippen LogP contribution in [-0.4, -0.2) is 9.30 Å². The van der Waals surface area contributed by atoms with Crippen LogP contribution in [0.1, 0.15) is 11.3 Å². The van der Waals surface area contributed by atoms with Crippen molar-refractivity contribution in [2.45, 2.75) is 13.8 Å². The molecule has 0 bridgehead atoms. The monoisotopic (exact) mass is 158 g/mol. The first-order valence-corrected chi connectivity index (χ1v) is 3.19. The van der Waals surface area contributed by atoms with Crippen LogP contribution in [0.5, 0.6) is 0 Å². The molecule has 0 aliphatic rings. The minimum absolute atomic E-state index is 0.287. The number of halogens is 1. The van der Waals surface area contributed by atoms with Crippen LogP contribution in [0.4, 0.5) is 0 Å². The Morgan fingerprint density at radius 2 is 2.20 bits per heavy atom. The van der Waals surface area contributed by atoms with Crippen molar-refractivity contribution < 1.29 is 0 Å². The first-order valence-electron chi connectivity index (χ1n) is 2.85. The fourth-order valence-electron chi connectivity index (χ4n) is 0.603. The zero-order valence-electron chi connectivity index (χ0n) is 5.76. The zero-order valence-corrected chi connectivity index (χ0v) is 6.51. The van der Waals surface area contributed by atoms with Gasteiger partial charge in [-0.1, -0.05) is 0 Å². The quantitative estimate of drug-likeness (QED) is 0.562. The molecule has 0 aliphatic heterocycles. The highest BCUT2D eigenvalue weighted by molar-refractivity contribution is 6.14. The van der Waals surface area contributed by atoms with Gasteiger partial charge in [0.1, 0.15) is 0 Å². The van der Waals surface area contributed by atoms with E-state index < -0.39 is 0 Å². The van der Waals surface area contributed by atoms with Crippen LogP contribution in [0.2, 0.25) is 0 Å². The summed E-state index contributed by atoms with van der Waals surface area (Å²) in [5.74, 6) is 0. The Morgan fingerprint density at radius 3 is 2.70 bits per heavy atom. The van der Waals surface area contributed by atoms with Crippen molar-refractivity contribution in [1.82, 2.24) is 9.30 Å². The number of hydrogen-bond acceptors (Lipinski definition) is 2. The lowest BCUT2D eigenvalue weighted by Crippen LogP contribution is -2.16. The van der Waals surface area contributed by atoms with E-state index in [1.54, 1.807) is 6.92 Å². The van der Waals surface area contributed by atoms with Gasteiger partial charge in [0.15, 0.2) is 0 Å². The largest absolute Gasteiger partial charge is 0.282 e. The molecule has 54 valence electrons. The molecular formula is C6H7ClN2O. The highest BCUT2D eigenvalue weighted by Crippen LogP contribution is 1.96. The van der Waals surface area contributed by atoms with E-state index >= 15 is 0 Å². The van der Waals surface area contributed by atoms with Crippen LogP contribution in [0, 0.1) is 13.8 Å². The number of aromatic nitrogens is 2. The van der Waals surface area contributed by atoms with Crippen molar-refractivity contribution in [1.29, 1.82) is 0 Å². The molecule has 1 aromatic heterocycles. The SMILES string of the molecule is Cc1cc(=O)n(Cl)nc1C. The predicted molar refractivity (Wildman–Crippen MR) is 39.2 cm³/mol. The van der Waals surface area contributed by atoms with Crippen LogP contribution in [0.15, 0.2) is 10.9 Å². The summed E-state index contributed by atoms with van der Waals surface area (Å²) in [6, 6.07) is 1.45. The molecule has 10 heavy (non-hydrogen) atoms. The maximum atomic E-state index is 10.8. The van der Waals surface area contributed by atoms with Gasteiger partial charge >= 0.3 is 0 Å². The third kappa shape index (κ3) is 1.19. The second-order valence-electron chi connectivity index (χ2n) is 2.11. The van der Waals surface area contributed by atoms with Crippen molar-refractivity contribution in [2.24, 2.45) is 0 Å². The molecule has 1 heterocycles. The third-order valence-corrected chi connectivity index (χ3v) is 1.57. The van der Waals surface area contributed by atoms with Crippen LogP contribution in [0.25, 0.3) is 0 Å². The van der Waals surface area contributed by atoms with Crippen molar-refractivity contribution >= 4 is 11.8 Å². The summed E-state index contributed by atoms with van der Waals surface area (Å²) < 4.78 is 0.808. The highest BCUT2D eigenvalue weighted by Gasteiger charge is 1.97. The van der Waals surface area contributed by atoms with Gasteiger partial charge in [0.05, 0.1) is 5.69 Å². The molecule has 0 amide bonds. The van der Waals surface area contributed by atoms with Gasteiger partial charge in [0.2, 0.25) is 0 Å². The summed E-state index contributed by atoms with van der Waals surface area (Å²) in [6.45, 7) is 3.62. The molecule has 0 fully saturated rings. The van der Waals surface area contributed by atoms with Gasteiger partial charge in [-0.15, -0.1) is 4.20 Å². The van der Waals surface area contributed by atoms with E-state index in [2.05, 4.69) is 5.10 Å². The lowest BCUT2D eigenvalue weighted by Gasteiger charge is -1.96. The van der Waals surface area contributed by atoms with Gasteiger partial charge in [-0.25, -0.2) is 0 Å². The summed E-state index contributed by atoms with van der Waals surface area (Å²) in [6.07, 6.45) is 0. The maximum Gasteiger partial charge on any atom is 0.282 e. The number of nitrogens with zero attached hydrogens (tertiary/aromatic N) is 2. The Morgan fingerprint density at radius 1 is 1.60 bits per heavy atom. The molecule has 0 aliphatic carbocycles. The average molecular weight is 159 g/mol. The number of aryl methyl sites for hydroxylation is 2. The third-order valence-electron chi connectivity index (χ3n) is 1.33. The van der Waals surface area contributed by atoms with Gasteiger partial charge in [0.25, 0.3) is 5.56 Å². The fraction of sp³-hybridized carbons (Fsp3) is 0.333. The molecule has 1 aromatic rings. The van der Waals surface area contributed by atoms with Crippen LogP contribution in [-0.2, 0) is 0 Å². The van der Waals surface area contributed by atoms with Gasteiger partial charge in [-0.2, -0.15) is 5.10 Å². The molecule has 1 rings (SSSR count). The topological polar surface area (TPSA) is 34.9 Å². The second kappa shape index (κ2) is 2.42. The smallest absolute Gasteiger partial charge is 0.266 e. The zero-order chi connectivity index (χ0) is 7.72. The molecule has 3 nitrogen and oxygen atoms in total. The average Bonchev–Trinajstić information content (AvgIpc) is 1.84. The molecule has 0 aromatic carbocycles. The van der Waals surface area contributed by atoms with E-state index in [4.69, 9.17) is 11.8 Å². The highest BCUT2D eigenvalue weighted by atomic mass is 35.5. The molecule has 0 saturated heterocycles. The molecule has 0 unspecified atom stereocenters. The fourth-order valence-corrected chi connectivity index (χ4v) is 0.765. The Hall–Kier alpha value is -0.830. The van der Waals surface area contributed by atoms with Crippen LogP contribution < -0.4 is 5.56 Å². The summed E-state index contributed by atoms with van der Waals surface area (Å²) in [4.78, 5) is 10.8. The normalized spacial score (nSPS) is 9.90. The summed E-state index contributed by atoms with van der Waals surface area (Å²) >= 11 is 5.38. The first-order chi connectivity index (χ1) is 4.61. The minimum Gasteiger partial charge on any atom is -0.266 e. The van der Waals surface area contributed by atoms with Crippen LogP contribution in [0.3, 0.4) is 0 Å². The molecule has 0 saturated carbocycles. The van der Waals surface area contributed by atoms with Gasteiger partial charge in [0, 0.05) is 17.8 Å². The van der Waals surface area contributed by atoms with E-state index in [1.807, 2.05) is 6.92 Å². The Bertz CT molecular complexity index is 305. The Labute approximate surface area is 63.4 Å². The lowest BCUT2D eigenvalue weighted by atomic mass is 10.3. The molecule has 0 radical (unpaired) electrons. The van der Waals surface area contributed by atoms with E-state index in [9.17, 15) is 4.79 Å². The van der Waals surface area contributed by atoms with Gasteiger partial charge in [-0.05, 0) is 19.4 Å². The maximum absolute atomic E-state index is 10.8. The second-order valence-corrected chi connectivity index (χ2v) is 2.43. The Balaban J connectivity index is 3.43. The van der Waals surface area contributed by atoms with Gasteiger partial charge in [-0.3, -0.25) is 4.79 Å². The van der Waals surface area contributed by atoms with E-state index in [1.165, 1.54) is 6.07 Å². The summed E-state index contributed by atoms with van der Waals surface area (Å²) in [5.41, 5.74) is 1.35. The molecule has 4 heteroatoms. The van der Waals surface area contributed by atoms with Crippen molar-refractivity contribution in [3.63, 3.8) is 0 Å². The molecule has 0 N–H and O–H groups in total. The summed E-state index contributed by atoms with van der Waals surface area (Å²) in [7, 11) is 0. The van der Waals surface area contributed by atoms with Crippen LogP contribution >= 0.6 is 11.8 Å². The van der Waals surface area contributed by atoms with Gasteiger partial charge < -0.3 is 0 Å². The standard InChI is InChI=1S/C6H7ClN2O/c1-4-3-6(10)9(7)8-5(4)2/h3H,1-2H3.